The Hall–Kier alpha value is -0.570. The Kier molecular flexibility index (Phi) is 3.15. The first-order valence-electron chi connectivity index (χ1n) is 5.59. The largest absolute Gasteiger partial charge is 0.481 e. The summed E-state index contributed by atoms with van der Waals surface area (Å²) in [6.45, 7) is 7.98. The second-order valence-electron chi connectivity index (χ2n) is 5.65. The minimum Gasteiger partial charge on any atom is -0.481 e. The molecule has 88 valence electrons. The van der Waals surface area contributed by atoms with E-state index in [1.807, 2.05) is 0 Å². The highest BCUT2D eigenvalue weighted by molar-refractivity contribution is 5.62. The molecule has 0 spiro atoms. The number of fused-ring (bicyclic) bond motifs is 2. The maximum absolute atomic E-state index is 9.81. The second-order valence-corrected chi connectivity index (χ2v) is 5.65. The molecule has 0 heterocycles. The number of aliphatic hydroxyl groups is 1. The molecule has 0 saturated heterocycles. The number of hydrogen-bond donors (Lipinski definition) is 2. The third kappa shape index (κ3) is 1.89. The Bertz CT molecular complexity index is 256. The molecule has 15 heavy (non-hydrogen) atoms. The van der Waals surface area contributed by atoms with Crippen LogP contribution in [0.25, 0.3) is 0 Å². The third-order valence-electron chi connectivity index (χ3n) is 4.75. The summed E-state index contributed by atoms with van der Waals surface area (Å²) in [6.07, 6.45) is 3.58. The Morgan fingerprint density at radius 1 is 1.33 bits per heavy atom. The summed E-state index contributed by atoms with van der Waals surface area (Å²) in [5.41, 5.74) is 0.601. The zero-order chi connectivity index (χ0) is 11.9. The fraction of sp³-hybridized carbons (Fsp3) is 0.917. The average Bonchev–Trinajstić information content (AvgIpc) is 2.36. The molecule has 2 aliphatic carbocycles. The van der Waals surface area contributed by atoms with E-state index in [0.29, 0.717) is 5.41 Å². The van der Waals surface area contributed by atoms with Gasteiger partial charge in [0, 0.05) is 6.92 Å². The normalized spacial score (nSPS) is 40.9. The molecular formula is C12H22O3. The van der Waals surface area contributed by atoms with Gasteiger partial charge in [0.25, 0.3) is 5.97 Å². The van der Waals surface area contributed by atoms with Crippen LogP contribution in [0.1, 0.15) is 47.0 Å². The lowest BCUT2D eigenvalue weighted by Gasteiger charge is -2.36. The summed E-state index contributed by atoms with van der Waals surface area (Å²) in [4.78, 5) is 9.00. The van der Waals surface area contributed by atoms with Crippen molar-refractivity contribution < 1.29 is 15.0 Å². The molecule has 2 saturated carbocycles. The van der Waals surface area contributed by atoms with E-state index in [9.17, 15) is 5.11 Å². The van der Waals surface area contributed by atoms with Gasteiger partial charge in [0.15, 0.2) is 0 Å². The number of aliphatic hydroxyl groups excluding tert-OH is 1. The summed E-state index contributed by atoms with van der Waals surface area (Å²) in [7, 11) is 0. The van der Waals surface area contributed by atoms with Crippen molar-refractivity contribution >= 4 is 5.97 Å². The van der Waals surface area contributed by atoms with Gasteiger partial charge in [0.2, 0.25) is 0 Å². The molecule has 2 fully saturated rings. The zero-order valence-corrected chi connectivity index (χ0v) is 10.1. The summed E-state index contributed by atoms with van der Waals surface area (Å²) in [6, 6.07) is 0. The van der Waals surface area contributed by atoms with Crippen molar-refractivity contribution in [2.75, 3.05) is 0 Å². The lowest BCUT2D eigenvalue weighted by atomic mass is 9.70. The van der Waals surface area contributed by atoms with Gasteiger partial charge in [0.05, 0.1) is 6.10 Å². The van der Waals surface area contributed by atoms with E-state index in [1.165, 1.54) is 12.8 Å². The SMILES string of the molecule is CC(=O)O.CC1(C)C2CCC1(C)C(O)C2. The molecule has 3 unspecified atom stereocenters. The molecule has 0 aromatic heterocycles. The van der Waals surface area contributed by atoms with Gasteiger partial charge >= 0.3 is 0 Å². The van der Waals surface area contributed by atoms with Gasteiger partial charge in [0.1, 0.15) is 0 Å². The van der Waals surface area contributed by atoms with Gasteiger partial charge in [-0.3, -0.25) is 4.79 Å². The first kappa shape index (κ1) is 12.5. The summed E-state index contributed by atoms with van der Waals surface area (Å²) < 4.78 is 0. The number of carboxylic acid groups (broad SMARTS) is 1. The molecule has 0 aromatic carbocycles. The molecule has 3 nitrogen and oxygen atoms in total. The molecule has 3 atom stereocenters. The van der Waals surface area contributed by atoms with Crippen LogP contribution in [0.4, 0.5) is 0 Å². The van der Waals surface area contributed by atoms with Crippen LogP contribution in [0.15, 0.2) is 0 Å². The number of hydrogen-bond acceptors (Lipinski definition) is 2. The summed E-state index contributed by atoms with van der Waals surface area (Å²) in [5, 5.41) is 17.2. The smallest absolute Gasteiger partial charge is 0.300 e. The molecule has 0 aromatic rings. The van der Waals surface area contributed by atoms with Crippen molar-refractivity contribution in [2.24, 2.45) is 16.7 Å². The van der Waals surface area contributed by atoms with Crippen molar-refractivity contribution in [1.82, 2.24) is 0 Å². The molecule has 3 heteroatoms. The zero-order valence-electron chi connectivity index (χ0n) is 10.1. The van der Waals surface area contributed by atoms with Gasteiger partial charge < -0.3 is 10.2 Å². The third-order valence-corrected chi connectivity index (χ3v) is 4.75. The van der Waals surface area contributed by atoms with Gasteiger partial charge in [-0.2, -0.15) is 0 Å². The van der Waals surface area contributed by atoms with E-state index >= 15 is 0 Å². The Labute approximate surface area is 91.5 Å². The maximum atomic E-state index is 9.81. The molecule has 2 bridgehead atoms. The molecular weight excluding hydrogens is 192 g/mol. The van der Waals surface area contributed by atoms with Crippen LogP contribution in [-0.4, -0.2) is 22.3 Å². The van der Waals surface area contributed by atoms with Gasteiger partial charge in [-0.05, 0) is 36.0 Å². The highest BCUT2D eigenvalue weighted by atomic mass is 16.4. The quantitative estimate of drug-likeness (QED) is 0.650. The van der Waals surface area contributed by atoms with Crippen molar-refractivity contribution in [2.45, 2.75) is 53.1 Å². The summed E-state index contributed by atoms with van der Waals surface area (Å²) in [5.74, 6) is -0.0532. The van der Waals surface area contributed by atoms with Crippen LogP contribution >= 0.6 is 0 Å². The minimum absolute atomic E-state index is 0.0313. The predicted octanol–water partition coefficient (Wildman–Crippen LogP) is 2.28. The highest BCUT2D eigenvalue weighted by Crippen LogP contribution is 2.65. The van der Waals surface area contributed by atoms with E-state index in [-0.39, 0.29) is 11.5 Å². The van der Waals surface area contributed by atoms with E-state index in [0.717, 1.165) is 19.3 Å². The Morgan fingerprint density at radius 2 is 1.80 bits per heavy atom. The maximum Gasteiger partial charge on any atom is 0.300 e. The Morgan fingerprint density at radius 3 is 1.93 bits per heavy atom. The van der Waals surface area contributed by atoms with Crippen molar-refractivity contribution in [3.63, 3.8) is 0 Å². The minimum atomic E-state index is -0.833. The average molecular weight is 214 g/mol. The lowest BCUT2D eigenvalue weighted by Crippen LogP contribution is -2.35. The number of carboxylic acids is 1. The number of carbonyl (C=O) groups is 1. The van der Waals surface area contributed by atoms with Gasteiger partial charge in [-0.1, -0.05) is 20.8 Å². The Balaban J connectivity index is 0.000000245. The topological polar surface area (TPSA) is 57.5 Å². The van der Waals surface area contributed by atoms with Gasteiger partial charge in [-0.25, -0.2) is 0 Å². The van der Waals surface area contributed by atoms with Gasteiger partial charge in [-0.15, -0.1) is 0 Å². The van der Waals surface area contributed by atoms with E-state index in [2.05, 4.69) is 20.8 Å². The van der Waals surface area contributed by atoms with Crippen molar-refractivity contribution in [3.05, 3.63) is 0 Å². The van der Waals surface area contributed by atoms with E-state index in [1.54, 1.807) is 0 Å². The van der Waals surface area contributed by atoms with E-state index < -0.39 is 5.97 Å². The van der Waals surface area contributed by atoms with Crippen LogP contribution in [0.2, 0.25) is 0 Å². The molecule has 2 aliphatic rings. The second kappa shape index (κ2) is 3.78. The number of rotatable bonds is 0. The lowest BCUT2D eigenvalue weighted by molar-refractivity contribution is -0.134. The number of aliphatic carboxylic acids is 1. The fourth-order valence-corrected chi connectivity index (χ4v) is 3.16. The molecule has 2 rings (SSSR count). The summed E-state index contributed by atoms with van der Waals surface area (Å²) >= 11 is 0. The van der Waals surface area contributed by atoms with Crippen LogP contribution in [0.5, 0.6) is 0 Å². The van der Waals surface area contributed by atoms with Crippen LogP contribution in [-0.2, 0) is 4.79 Å². The molecule has 0 radical (unpaired) electrons. The molecule has 0 aliphatic heterocycles. The first-order valence-corrected chi connectivity index (χ1v) is 5.59. The van der Waals surface area contributed by atoms with Crippen LogP contribution in [0.3, 0.4) is 0 Å². The molecule has 0 amide bonds. The van der Waals surface area contributed by atoms with Crippen LogP contribution < -0.4 is 0 Å². The van der Waals surface area contributed by atoms with Crippen molar-refractivity contribution in [1.29, 1.82) is 0 Å². The molecule has 2 N–H and O–H groups in total. The highest BCUT2D eigenvalue weighted by Gasteiger charge is 2.60. The van der Waals surface area contributed by atoms with E-state index in [4.69, 9.17) is 9.90 Å². The predicted molar refractivity (Wildman–Crippen MR) is 58.5 cm³/mol. The van der Waals surface area contributed by atoms with Crippen LogP contribution in [0, 0.1) is 16.7 Å². The first-order chi connectivity index (χ1) is 6.72. The monoisotopic (exact) mass is 214 g/mol. The standard InChI is InChI=1S/C10H18O.C2H4O2/c1-9(2)7-4-5-10(9,3)8(11)6-7;1-2(3)4/h7-8,11H,4-6H2,1-3H3;1H3,(H,3,4). The van der Waals surface area contributed by atoms with Crippen molar-refractivity contribution in [3.8, 4) is 0 Å². The fourth-order valence-electron chi connectivity index (χ4n) is 3.16.